The molecule has 0 aromatic carbocycles. The molecule has 5 rings (SSSR count). The van der Waals surface area contributed by atoms with Gasteiger partial charge in [0.2, 0.25) is 5.91 Å². The number of carbonyl (C=O) groups excluding carboxylic acids is 1. The van der Waals surface area contributed by atoms with Gasteiger partial charge in [-0.25, -0.2) is 0 Å². The number of piperidine rings is 1. The monoisotopic (exact) mass is 403 g/mol. The average Bonchev–Trinajstić information content (AvgIpc) is 3.37. The van der Waals surface area contributed by atoms with Crippen molar-refractivity contribution < 1.29 is 14.3 Å². The van der Waals surface area contributed by atoms with Crippen LogP contribution in [-0.4, -0.2) is 92.1 Å². The first kappa shape index (κ1) is 19.5. The summed E-state index contributed by atoms with van der Waals surface area (Å²) < 4.78 is 11.0. The quantitative estimate of drug-likeness (QED) is 0.732. The van der Waals surface area contributed by atoms with Gasteiger partial charge in [-0.15, -0.1) is 0 Å². The summed E-state index contributed by atoms with van der Waals surface area (Å²) in [7, 11) is 3.40. The SMILES string of the molecule is COC1CC(C2CC(C)C3C(=O)N(C4C=NN(C5CC5)C4)CC3N2)C=NC1OC. The number of nitrogens with one attached hydrogen (secondary N) is 1. The number of rotatable bonds is 5. The second-order valence-electron chi connectivity index (χ2n) is 9.39. The third-order valence-electron chi connectivity index (χ3n) is 7.50. The molecule has 1 N–H and O–H groups in total. The van der Waals surface area contributed by atoms with Gasteiger partial charge in [-0.05, 0) is 31.6 Å². The number of hydrogen-bond donors (Lipinski definition) is 1. The van der Waals surface area contributed by atoms with Gasteiger partial charge in [0.1, 0.15) is 6.10 Å². The lowest BCUT2D eigenvalue weighted by Crippen LogP contribution is -2.55. The van der Waals surface area contributed by atoms with Crippen LogP contribution >= 0.6 is 0 Å². The maximum Gasteiger partial charge on any atom is 0.228 e. The van der Waals surface area contributed by atoms with Crippen LogP contribution in [0, 0.1) is 17.8 Å². The lowest BCUT2D eigenvalue weighted by Gasteiger charge is -2.41. The molecule has 1 saturated carbocycles. The number of nitrogens with zero attached hydrogens (tertiary/aromatic N) is 4. The summed E-state index contributed by atoms with van der Waals surface area (Å²) in [6.07, 6.45) is 8.14. The zero-order chi connectivity index (χ0) is 20.1. The molecule has 8 unspecified atom stereocenters. The zero-order valence-electron chi connectivity index (χ0n) is 17.6. The maximum absolute atomic E-state index is 13.2. The van der Waals surface area contributed by atoms with Crippen molar-refractivity contribution in [2.75, 3.05) is 27.3 Å². The normalized spacial score (nSPS) is 44.6. The molecule has 4 aliphatic heterocycles. The molecule has 8 atom stereocenters. The molecule has 1 aliphatic carbocycles. The Hall–Kier alpha value is -1.51. The molecule has 29 heavy (non-hydrogen) atoms. The van der Waals surface area contributed by atoms with Gasteiger partial charge in [-0.2, -0.15) is 5.10 Å². The van der Waals surface area contributed by atoms with Gasteiger partial charge in [-0.3, -0.25) is 14.8 Å². The van der Waals surface area contributed by atoms with Gasteiger partial charge in [-0.1, -0.05) is 6.92 Å². The minimum atomic E-state index is -0.218. The van der Waals surface area contributed by atoms with E-state index in [0.717, 1.165) is 25.9 Å². The highest BCUT2D eigenvalue weighted by Crippen LogP contribution is 2.38. The summed E-state index contributed by atoms with van der Waals surface area (Å²) >= 11 is 0. The molecule has 0 bridgehead atoms. The van der Waals surface area contributed by atoms with Crippen LogP contribution in [0.1, 0.15) is 32.6 Å². The van der Waals surface area contributed by atoms with Crippen molar-refractivity contribution in [3.05, 3.63) is 0 Å². The van der Waals surface area contributed by atoms with Gasteiger partial charge in [0.15, 0.2) is 6.23 Å². The van der Waals surface area contributed by atoms with Crippen molar-refractivity contribution in [2.45, 2.75) is 69.1 Å². The van der Waals surface area contributed by atoms with Crippen molar-refractivity contribution in [1.82, 2.24) is 15.2 Å². The van der Waals surface area contributed by atoms with Crippen molar-refractivity contribution in [3.63, 3.8) is 0 Å². The lowest BCUT2D eigenvalue weighted by atomic mass is 9.75. The van der Waals surface area contributed by atoms with Crippen LogP contribution in [-0.2, 0) is 14.3 Å². The van der Waals surface area contributed by atoms with Crippen LogP contribution in [0.3, 0.4) is 0 Å². The highest BCUT2D eigenvalue weighted by molar-refractivity contribution is 5.86. The minimum Gasteiger partial charge on any atom is -0.377 e. The van der Waals surface area contributed by atoms with E-state index in [2.05, 4.69) is 32.2 Å². The Morgan fingerprint density at radius 2 is 1.93 bits per heavy atom. The Labute approximate surface area is 172 Å². The van der Waals surface area contributed by atoms with Crippen molar-refractivity contribution in [1.29, 1.82) is 0 Å². The van der Waals surface area contributed by atoms with Crippen LogP contribution < -0.4 is 5.32 Å². The van der Waals surface area contributed by atoms with Crippen LogP contribution in [0.4, 0.5) is 0 Å². The summed E-state index contributed by atoms with van der Waals surface area (Å²) in [5, 5.41) is 10.6. The first-order valence-corrected chi connectivity index (χ1v) is 11.0. The van der Waals surface area contributed by atoms with Crippen LogP contribution in [0.25, 0.3) is 0 Å². The van der Waals surface area contributed by atoms with E-state index in [4.69, 9.17) is 9.47 Å². The van der Waals surface area contributed by atoms with E-state index in [1.54, 1.807) is 14.2 Å². The Bertz CT molecular complexity index is 696. The number of hydrazone groups is 1. The molecular weight excluding hydrogens is 370 g/mol. The number of likely N-dealkylation sites (tertiary alicyclic amines) is 1. The molecule has 0 aromatic heterocycles. The molecule has 8 heteroatoms. The fraction of sp³-hybridized carbons (Fsp3) is 0.857. The van der Waals surface area contributed by atoms with E-state index in [9.17, 15) is 4.79 Å². The summed E-state index contributed by atoms with van der Waals surface area (Å²) in [6.45, 7) is 3.87. The summed E-state index contributed by atoms with van der Waals surface area (Å²) in [5.41, 5.74) is 0. The van der Waals surface area contributed by atoms with Gasteiger partial charge >= 0.3 is 0 Å². The number of ether oxygens (including phenoxy) is 2. The van der Waals surface area contributed by atoms with E-state index in [-0.39, 0.29) is 30.3 Å². The summed E-state index contributed by atoms with van der Waals surface area (Å²) in [5.74, 6) is 1.03. The van der Waals surface area contributed by atoms with Gasteiger partial charge < -0.3 is 19.7 Å². The first-order valence-electron chi connectivity index (χ1n) is 11.0. The second kappa shape index (κ2) is 7.63. The lowest BCUT2D eigenvalue weighted by molar-refractivity contribution is -0.133. The number of hydrogen-bond acceptors (Lipinski definition) is 7. The third kappa shape index (κ3) is 3.49. The topological polar surface area (TPSA) is 78.8 Å². The van der Waals surface area contributed by atoms with Crippen molar-refractivity contribution in [3.8, 4) is 0 Å². The van der Waals surface area contributed by atoms with Gasteiger partial charge in [0, 0.05) is 57.2 Å². The Kier molecular flexibility index (Phi) is 5.12. The number of fused-ring (bicyclic) bond motifs is 1. The Morgan fingerprint density at radius 1 is 1.10 bits per heavy atom. The van der Waals surface area contributed by atoms with Crippen molar-refractivity contribution >= 4 is 18.3 Å². The summed E-state index contributed by atoms with van der Waals surface area (Å²) in [4.78, 5) is 19.9. The molecule has 2 saturated heterocycles. The van der Waals surface area contributed by atoms with E-state index >= 15 is 0 Å². The fourth-order valence-electron chi connectivity index (χ4n) is 5.74. The van der Waals surface area contributed by atoms with E-state index in [0.29, 0.717) is 29.8 Å². The van der Waals surface area contributed by atoms with Crippen molar-refractivity contribution in [2.24, 2.45) is 27.8 Å². The Morgan fingerprint density at radius 3 is 2.66 bits per heavy atom. The van der Waals surface area contributed by atoms with Crippen LogP contribution in [0.2, 0.25) is 0 Å². The van der Waals surface area contributed by atoms with E-state index in [1.165, 1.54) is 12.8 Å². The number of amides is 1. The number of carbonyl (C=O) groups is 1. The predicted molar refractivity (Wildman–Crippen MR) is 110 cm³/mol. The standard InChI is InChI=1S/C21H33N5O3/c1-12-6-16(13-7-18(28-2)20(29-3)22-8-13)24-17-11-25(21(27)19(12)17)15-9-23-26(10-15)14-4-5-14/h8-9,12-20,24H,4-7,10-11H2,1-3H3. The molecule has 0 aromatic rings. The first-order chi connectivity index (χ1) is 14.1. The van der Waals surface area contributed by atoms with E-state index in [1.807, 2.05) is 12.4 Å². The minimum absolute atomic E-state index is 0.0188. The second-order valence-corrected chi connectivity index (χ2v) is 9.39. The van der Waals surface area contributed by atoms with E-state index < -0.39 is 0 Å². The molecular formula is C21H33N5O3. The Balaban J connectivity index is 1.26. The number of methoxy groups -OCH3 is 2. The molecule has 4 heterocycles. The van der Waals surface area contributed by atoms with Crippen LogP contribution in [0.15, 0.2) is 10.1 Å². The maximum atomic E-state index is 13.2. The molecule has 160 valence electrons. The molecule has 3 fully saturated rings. The predicted octanol–water partition coefficient (Wildman–Crippen LogP) is 0.722. The molecule has 1 amide bonds. The fourth-order valence-corrected chi connectivity index (χ4v) is 5.74. The smallest absolute Gasteiger partial charge is 0.228 e. The largest absolute Gasteiger partial charge is 0.377 e. The molecule has 0 spiro atoms. The highest BCUT2D eigenvalue weighted by Gasteiger charge is 2.51. The zero-order valence-corrected chi connectivity index (χ0v) is 17.6. The van der Waals surface area contributed by atoms with Crippen LogP contribution in [0.5, 0.6) is 0 Å². The summed E-state index contributed by atoms with van der Waals surface area (Å²) in [6, 6.07) is 1.25. The number of aliphatic imine (C=N–C) groups is 1. The third-order valence-corrected chi connectivity index (χ3v) is 7.50. The average molecular weight is 404 g/mol. The molecule has 8 nitrogen and oxygen atoms in total. The van der Waals surface area contributed by atoms with Gasteiger partial charge in [0.05, 0.1) is 18.5 Å². The molecule has 0 radical (unpaired) electrons. The van der Waals surface area contributed by atoms with Gasteiger partial charge in [0.25, 0.3) is 0 Å². The highest BCUT2D eigenvalue weighted by atomic mass is 16.5. The molecule has 5 aliphatic rings.